The van der Waals surface area contributed by atoms with Crippen molar-refractivity contribution in [2.75, 3.05) is 0 Å². The van der Waals surface area contributed by atoms with Crippen LogP contribution in [0, 0.1) is 0 Å². The molecule has 0 spiro atoms. The number of nitrogens with zero attached hydrogens (tertiary/aromatic N) is 1. The topological polar surface area (TPSA) is 41.5 Å². The zero-order valence-corrected chi connectivity index (χ0v) is 13.2. The molecule has 0 saturated carbocycles. The number of benzene rings is 2. The van der Waals surface area contributed by atoms with Gasteiger partial charge >= 0.3 is 0 Å². The van der Waals surface area contributed by atoms with Crippen LogP contribution >= 0.6 is 0 Å². The number of carbonyl (C=O) groups excluding carboxylic acids is 1. The maximum Gasteiger partial charge on any atom is 0.271 e. The van der Waals surface area contributed by atoms with Gasteiger partial charge in [-0.3, -0.25) is 4.79 Å². The maximum absolute atomic E-state index is 12.2. The third-order valence-corrected chi connectivity index (χ3v) is 3.73. The summed E-state index contributed by atoms with van der Waals surface area (Å²) in [5, 5.41) is 6.07. The Hall–Kier alpha value is -2.16. The summed E-state index contributed by atoms with van der Waals surface area (Å²) in [7, 11) is 0. The molecule has 116 valence electrons. The zero-order chi connectivity index (χ0) is 15.6. The summed E-state index contributed by atoms with van der Waals surface area (Å²) in [5.74, 6) is -0.154. The molecule has 0 fully saturated rings. The van der Waals surface area contributed by atoms with E-state index in [1.54, 1.807) is 6.21 Å². The van der Waals surface area contributed by atoms with E-state index in [4.69, 9.17) is 0 Å². The summed E-state index contributed by atoms with van der Waals surface area (Å²) in [6.07, 6.45) is 8.93. The van der Waals surface area contributed by atoms with Crippen LogP contribution < -0.4 is 5.43 Å². The van der Waals surface area contributed by atoms with Crippen LogP contribution in [0.15, 0.2) is 47.6 Å². The van der Waals surface area contributed by atoms with Gasteiger partial charge in [-0.15, -0.1) is 0 Å². The SMILES string of the molecule is CCCCCCC/C=N/NC(=O)c1cccc2ccccc12. The predicted molar refractivity (Wildman–Crippen MR) is 93.3 cm³/mol. The Morgan fingerprint density at radius 3 is 2.68 bits per heavy atom. The molecule has 0 heterocycles. The van der Waals surface area contributed by atoms with Gasteiger partial charge in [-0.05, 0) is 29.7 Å². The molecule has 0 aliphatic carbocycles. The normalized spacial score (nSPS) is 11.1. The van der Waals surface area contributed by atoms with E-state index in [2.05, 4.69) is 17.5 Å². The second-order valence-electron chi connectivity index (χ2n) is 5.48. The van der Waals surface area contributed by atoms with E-state index < -0.39 is 0 Å². The van der Waals surface area contributed by atoms with E-state index in [-0.39, 0.29) is 5.91 Å². The number of hydrazone groups is 1. The third-order valence-electron chi connectivity index (χ3n) is 3.73. The molecule has 3 nitrogen and oxygen atoms in total. The Labute approximate surface area is 132 Å². The molecule has 0 unspecified atom stereocenters. The molecule has 22 heavy (non-hydrogen) atoms. The second kappa shape index (κ2) is 8.98. The molecule has 0 aliphatic heterocycles. The minimum absolute atomic E-state index is 0.154. The highest BCUT2D eigenvalue weighted by Crippen LogP contribution is 2.18. The molecule has 0 radical (unpaired) electrons. The minimum Gasteiger partial charge on any atom is -0.267 e. The van der Waals surface area contributed by atoms with Gasteiger partial charge in [-0.25, -0.2) is 5.43 Å². The van der Waals surface area contributed by atoms with Crippen LogP contribution in [0.3, 0.4) is 0 Å². The van der Waals surface area contributed by atoms with E-state index in [1.165, 1.54) is 25.7 Å². The average molecular weight is 296 g/mol. The van der Waals surface area contributed by atoms with E-state index >= 15 is 0 Å². The van der Waals surface area contributed by atoms with Crippen molar-refractivity contribution in [1.29, 1.82) is 0 Å². The minimum atomic E-state index is -0.154. The van der Waals surface area contributed by atoms with Crippen molar-refractivity contribution < 1.29 is 4.79 Å². The van der Waals surface area contributed by atoms with Crippen molar-refractivity contribution >= 4 is 22.9 Å². The summed E-state index contributed by atoms with van der Waals surface area (Å²) in [6, 6.07) is 13.6. The van der Waals surface area contributed by atoms with Crippen LogP contribution in [-0.2, 0) is 0 Å². The first-order valence-electron chi connectivity index (χ1n) is 8.12. The maximum atomic E-state index is 12.2. The molecule has 2 rings (SSSR count). The number of fused-ring (bicyclic) bond motifs is 1. The standard InChI is InChI=1S/C19H24N2O/c1-2-3-4-5-6-9-15-20-21-19(22)18-14-10-12-16-11-7-8-13-17(16)18/h7-8,10-15H,2-6,9H2,1H3,(H,21,22)/b20-15+. The molecule has 0 aliphatic rings. The van der Waals surface area contributed by atoms with Crippen molar-refractivity contribution in [2.45, 2.75) is 45.4 Å². The first-order valence-corrected chi connectivity index (χ1v) is 8.12. The summed E-state index contributed by atoms with van der Waals surface area (Å²) in [5.41, 5.74) is 3.29. The lowest BCUT2D eigenvalue weighted by Crippen LogP contribution is -2.17. The molecule has 2 aromatic carbocycles. The molecular weight excluding hydrogens is 272 g/mol. The van der Waals surface area contributed by atoms with E-state index in [1.807, 2.05) is 42.5 Å². The van der Waals surface area contributed by atoms with Crippen LogP contribution in [0.4, 0.5) is 0 Å². The van der Waals surface area contributed by atoms with Gasteiger partial charge in [-0.2, -0.15) is 5.10 Å². The van der Waals surface area contributed by atoms with Gasteiger partial charge in [0.05, 0.1) is 0 Å². The number of amides is 1. The van der Waals surface area contributed by atoms with Crippen molar-refractivity contribution in [3.63, 3.8) is 0 Å². The lowest BCUT2D eigenvalue weighted by atomic mass is 10.0. The van der Waals surface area contributed by atoms with Gasteiger partial charge in [0, 0.05) is 11.8 Å². The predicted octanol–water partition coefficient (Wildman–Crippen LogP) is 4.92. The van der Waals surface area contributed by atoms with E-state index in [0.29, 0.717) is 5.56 Å². The first-order chi connectivity index (χ1) is 10.8. The van der Waals surface area contributed by atoms with Gasteiger partial charge in [0.2, 0.25) is 0 Å². The largest absolute Gasteiger partial charge is 0.271 e. The molecule has 0 saturated heterocycles. The monoisotopic (exact) mass is 296 g/mol. The van der Waals surface area contributed by atoms with Gasteiger partial charge < -0.3 is 0 Å². The number of hydrogen-bond donors (Lipinski definition) is 1. The summed E-state index contributed by atoms with van der Waals surface area (Å²) >= 11 is 0. The molecule has 2 aromatic rings. The number of hydrogen-bond acceptors (Lipinski definition) is 2. The van der Waals surface area contributed by atoms with Gasteiger partial charge in [0.25, 0.3) is 5.91 Å². The Kier molecular flexibility index (Phi) is 6.62. The number of unbranched alkanes of at least 4 members (excludes halogenated alkanes) is 5. The van der Waals surface area contributed by atoms with Crippen molar-refractivity contribution in [3.8, 4) is 0 Å². The van der Waals surface area contributed by atoms with Crippen LogP contribution in [0.1, 0.15) is 55.8 Å². The Morgan fingerprint density at radius 1 is 1.05 bits per heavy atom. The van der Waals surface area contributed by atoms with E-state index in [9.17, 15) is 4.79 Å². The smallest absolute Gasteiger partial charge is 0.267 e. The van der Waals surface area contributed by atoms with Crippen LogP contribution in [0.2, 0.25) is 0 Å². The highest BCUT2D eigenvalue weighted by molar-refractivity contribution is 6.07. The Bertz CT molecular complexity index is 629. The Morgan fingerprint density at radius 2 is 1.82 bits per heavy atom. The molecule has 0 aromatic heterocycles. The van der Waals surface area contributed by atoms with Gasteiger partial charge in [-0.1, -0.05) is 69.0 Å². The lowest BCUT2D eigenvalue weighted by Gasteiger charge is -2.04. The quantitative estimate of drug-likeness (QED) is 0.419. The van der Waals surface area contributed by atoms with E-state index in [0.717, 1.165) is 23.6 Å². The van der Waals surface area contributed by atoms with Gasteiger partial charge in [0.1, 0.15) is 0 Å². The van der Waals surface area contributed by atoms with Crippen molar-refractivity contribution in [1.82, 2.24) is 5.43 Å². The molecule has 1 amide bonds. The lowest BCUT2D eigenvalue weighted by molar-refractivity contribution is 0.0956. The zero-order valence-electron chi connectivity index (χ0n) is 13.2. The fourth-order valence-corrected chi connectivity index (χ4v) is 2.49. The highest BCUT2D eigenvalue weighted by atomic mass is 16.2. The fourth-order valence-electron chi connectivity index (χ4n) is 2.49. The fraction of sp³-hybridized carbons (Fsp3) is 0.368. The molecule has 3 heteroatoms. The van der Waals surface area contributed by atoms with Crippen molar-refractivity contribution in [3.05, 3.63) is 48.0 Å². The third kappa shape index (κ3) is 4.69. The Balaban J connectivity index is 1.84. The molecule has 1 N–H and O–H groups in total. The molecule has 0 atom stereocenters. The first kappa shape index (κ1) is 16.2. The van der Waals surface area contributed by atoms with Crippen LogP contribution in [0.5, 0.6) is 0 Å². The number of carbonyl (C=O) groups is 1. The second-order valence-corrected chi connectivity index (χ2v) is 5.48. The molecule has 0 bridgehead atoms. The van der Waals surface area contributed by atoms with Crippen LogP contribution in [-0.4, -0.2) is 12.1 Å². The summed E-state index contributed by atoms with van der Waals surface area (Å²) < 4.78 is 0. The number of nitrogens with one attached hydrogen (secondary N) is 1. The number of rotatable bonds is 8. The average Bonchev–Trinajstić information content (AvgIpc) is 2.56. The van der Waals surface area contributed by atoms with Crippen LogP contribution in [0.25, 0.3) is 10.8 Å². The van der Waals surface area contributed by atoms with Gasteiger partial charge in [0.15, 0.2) is 0 Å². The van der Waals surface area contributed by atoms with Crippen molar-refractivity contribution in [2.24, 2.45) is 5.10 Å². The summed E-state index contributed by atoms with van der Waals surface area (Å²) in [6.45, 7) is 2.21. The summed E-state index contributed by atoms with van der Waals surface area (Å²) in [4.78, 5) is 12.2. The molecular formula is C19H24N2O. The highest BCUT2D eigenvalue weighted by Gasteiger charge is 2.07.